The lowest BCUT2D eigenvalue weighted by atomic mass is 10.0. The predicted molar refractivity (Wildman–Crippen MR) is 109 cm³/mol. The molecule has 1 aliphatic carbocycles. The van der Waals surface area contributed by atoms with Crippen LogP contribution in [0, 0.1) is 17.6 Å². The van der Waals surface area contributed by atoms with E-state index in [9.17, 15) is 13.6 Å². The minimum absolute atomic E-state index is 0.00254. The predicted octanol–water partition coefficient (Wildman–Crippen LogP) is 3.58. The summed E-state index contributed by atoms with van der Waals surface area (Å²) in [5, 5.41) is 3.64. The van der Waals surface area contributed by atoms with Crippen LogP contribution in [0.3, 0.4) is 0 Å². The Bertz CT molecular complexity index is 1130. The van der Waals surface area contributed by atoms with E-state index in [4.69, 9.17) is 11.6 Å². The standard InChI is InChI=1S/C21H17ClF2N6O/c22-17-8-26-18(9-25-17)29-15-4-11-5-16(15)30(10-11)21(31)13-2-1-3-14(24)19(13)20-27-6-12(23)7-28-20/h1-3,6-9,11,15-16H,4-5,10H2,(H,26,29)/t11-,15+,16-/m0/s1. The van der Waals surface area contributed by atoms with Gasteiger partial charge in [0.15, 0.2) is 11.6 Å². The molecular weight excluding hydrogens is 426 g/mol. The number of nitrogens with zero attached hydrogens (tertiary/aromatic N) is 5. The quantitative estimate of drug-likeness (QED) is 0.665. The monoisotopic (exact) mass is 442 g/mol. The van der Waals surface area contributed by atoms with Crippen LogP contribution in [-0.4, -0.2) is 49.4 Å². The number of fused-ring (bicyclic) bond motifs is 2. The summed E-state index contributed by atoms with van der Waals surface area (Å²) < 4.78 is 27.9. The van der Waals surface area contributed by atoms with Crippen molar-refractivity contribution in [3.63, 3.8) is 0 Å². The maximum absolute atomic E-state index is 14.7. The summed E-state index contributed by atoms with van der Waals surface area (Å²) in [7, 11) is 0. The second-order valence-electron chi connectivity index (χ2n) is 7.72. The molecule has 1 N–H and O–H groups in total. The Kier molecular flexibility index (Phi) is 4.97. The SMILES string of the molecule is O=C(c1cccc(F)c1-c1ncc(F)cn1)N1C[C@H]2C[C@@H](Nc3cnc(Cl)cn3)[C@@H]1C2. The molecule has 5 rings (SSSR count). The van der Waals surface area contributed by atoms with Gasteiger partial charge in [-0.2, -0.15) is 0 Å². The summed E-state index contributed by atoms with van der Waals surface area (Å²) in [4.78, 5) is 31.2. The molecule has 3 aromatic rings. The van der Waals surface area contributed by atoms with E-state index in [0.29, 0.717) is 23.4 Å². The van der Waals surface area contributed by atoms with E-state index in [1.807, 2.05) is 0 Å². The van der Waals surface area contributed by atoms with E-state index >= 15 is 0 Å². The largest absolute Gasteiger partial charge is 0.364 e. The summed E-state index contributed by atoms with van der Waals surface area (Å²) in [6, 6.07) is 4.19. The smallest absolute Gasteiger partial charge is 0.255 e. The number of likely N-dealkylation sites (tertiary alicyclic amines) is 1. The first-order valence-electron chi connectivity index (χ1n) is 9.81. The molecule has 158 valence electrons. The minimum atomic E-state index is -0.635. The van der Waals surface area contributed by atoms with Crippen molar-refractivity contribution in [2.75, 3.05) is 11.9 Å². The zero-order chi connectivity index (χ0) is 21.5. The van der Waals surface area contributed by atoms with Gasteiger partial charge in [-0.05, 0) is 30.9 Å². The molecule has 1 aliphatic heterocycles. The Morgan fingerprint density at radius 1 is 1.06 bits per heavy atom. The number of anilines is 1. The lowest BCUT2D eigenvalue weighted by Crippen LogP contribution is -2.48. The van der Waals surface area contributed by atoms with Crippen LogP contribution in [0.5, 0.6) is 0 Å². The van der Waals surface area contributed by atoms with E-state index in [-0.39, 0.29) is 34.9 Å². The summed E-state index contributed by atoms with van der Waals surface area (Å²) in [5.41, 5.74) is 0.132. The molecule has 0 spiro atoms. The molecule has 1 saturated heterocycles. The fraction of sp³-hybridized carbons (Fsp3) is 0.286. The van der Waals surface area contributed by atoms with Crippen molar-refractivity contribution in [1.82, 2.24) is 24.8 Å². The van der Waals surface area contributed by atoms with E-state index in [1.165, 1.54) is 18.3 Å². The Balaban J connectivity index is 1.42. The van der Waals surface area contributed by atoms with Gasteiger partial charge in [0.05, 0.1) is 42.0 Å². The molecule has 2 aliphatic rings. The number of carbonyl (C=O) groups excluding carboxylic acids is 1. The van der Waals surface area contributed by atoms with E-state index in [2.05, 4.69) is 25.3 Å². The number of piperidine rings is 1. The molecule has 2 fully saturated rings. The number of amides is 1. The van der Waals surface area contributed by atoms with Gasteiger partial charge in [0.25, 0.3) is 5.91 Å². The first-order valence-corrected chi connectivity index (χ1v) is 10.2. The van der Waals surface area contributed by atoms with Gasteiger partial charge >= 0.3 is 0 Å². The summed E-state index contributed by atoms with van der Waals surface area (Å²) in [6.45, 7) is 0.591. The van der Waals surface area contributed by atoms with Gasteiger partial charge in [-0.3, -0.25) is 4.79 Å². The fourth-order valence-electron chi connectivity index (χ4n) is 4.52. The average molecular weight is 443 g/mol. The normalized spacial score (nSPS) is 22.0. The molecule has 1 amide bonds. The molecular formula is C21H17ClF2N6O. The number of aromatic nitrogens is 4. The topological polar surface area (TPSA) is 83.9 Å². The molecule has 31 heavy (non-hydrogen) atoms. The van der Waals surface area contributed by atoms with Crippen LogP contribution < -0.4 is 5.32 Å². The molecule has 10 heteroatoms. The van der Waals surface area contributed by atoms with Gasteiger partial charge in [0, 0.05) is 12.6 Å². The van der Waals surface area contributed by atoms with Crippen LogP contribution >= 0.6 is 11.6 Å². The first kappa shape index (κ1) is 19.7. The molecule has 3 atom stereocenters. The Labute approximate surface area is 181 Å². The summed E-state index contributed by atoms with van der Waals surface area (Å²) in [6.07, 6.45) is 6.67. The molecule has 1 saturated carbocycles. The molecule has 0 unspecified atom stereocenters. The van der Waals surface area contributed by atoms with Crippen LogP contribution in [0.4, 0.5) is 14.6 Å². The molecule has 0 radical (unpaired) electrons. The number of rotatable bonds is 4. The first-order chi connectivity index (χ1) is 15.0. The van der Waals surface area contributed by atoms with Crippen LogP contribution in [0.1, 0.15) is 23.2 Å². The molecule has 3 heterocycles. The Morgan fingerprint density at radius 2 is 1.87 bits per heavy atom. The van der Waals surface area contributed by atoms with Gasteiger partial charge in [0.1, 0.15) is 16.8 Å². The maximum Gasteiger partial charge on any atom is 0.255 e. The zero-order valence-electron chi connectivity index (χ0n) is 16.2. The minimum Gasteiger partial charge on any atom is -0.364 e. The number of nitrogens with one attached hydrogen (secondary N) is 1. The van der Waals surface area contributed by atoms with Crippen molar-refractivity contribution in [3.05, 3.63) is 65.3 Å². The van der Waals surface area contributed by atoms with Crippen LogP contribution in [0.25, 0.3) is 11.4 Å². The van der Waals surface area contributed by atoms with Crippen molar-refractivity contribution in [3.8, 4) is 11.4 Å². The highest BCUT2D eigenvalue weighted by molar-refractivity contribution is 6.29. The lowest BCUT2D eigenvalue weighted by molar-refractivity contribution is 0.0692. The zero-order valence-corrected chi connectivity index (χ0v) is 16.9. The Morgan fingerprint density at radius 3 is 2.58 bits per heavy atom. The second kappa shape index (κ2) is 7.81. The van der Waals surface area contributed by atoms with Gasteiger partial charge in [-0.1, -0.05) is 17.7 Å². The number of hydrogen-bond acceptors (Lipinski definition) is 6. The third-order valence-corrected chi connectivity index (χ3v) is 5.98. The third-order valence-electron chi connectivity index (χ3n) is 5.78. The molecule has 7 nitrogen and oxygen atoms in total. The van der Waals surface area contributed by atoms with E-state index in [1.54, 1.807) is 17.2 Å². The number of benzene rings is 1. The van der Waals surface area contributed by atoms with Crippen molar-refractivity contribution < 1.29 is 13.6 Å². The number of halogens is 3. The van der Waals surface area contributed by atoms with Crippen molar-refractivity contribution in [1.29, 1.82) is 0 Å². The van der Waals surface area contributed by atoms with Crippen molar-refractivity contribution >= 4 is 23.3 Å². The fourth-order valence-corrected chi connectivity index (χ4v) is 4.61. The molecule has 2 bridgehead atoms. The van der Waals surface area contributed by atoms with Gasteiger partial charge in [-0.15, -0.1) is 0 Å². The Hall–Kier alpha value is -3.20. The van der Waals surface area contributed by atoms with Crippen molar-refractivity contribution in [2.45, 2.75) is 24.9 Å². The van der Waals surface area contributed by atoms with E-state index in [0.717, 1.165) is 25.2 Å². The highest BCUT2D eigenvalue weighted by atomic mass is 35.5. The van der Waals surface area contributed by atoms with Crippen LogP contribution in [-0.2, 0) is 0 Å². The highest BCUT2D eigenvalue weighted by Gasteiger charge is 2.47. The van der Waals surface area contributed by atoms with E-state index < -0.39 is 11.6 Å². The van der Waals surface area contributed by atoms with Gasteiger partial charge in [0.2, 0.25) is 0 Å². The van der Waals surface area contributed by atoms with Crippen LogP contribution in [0.2, 0.25) is 5.15 Å². The van der Waals surface area contributed by atoms with Crippen LogP contribution in [0.15, 0.2) is 43.0 Å². The molecule has 2 aromatic heterocycles. The van der Waals surface area contributed by atoms with Gasteiger partial charge < -0.3 is 10.2 Å². The summed E-state index contributed by atoms with van der Waals surface area (Å²) >= 11 is 5.79. The number of carbonyl (C=O) groups is 1. The maximum atomic E-state index is 14.7. The van der Waals surface area contributed by atoms with Gasteiger partial charge in [-0.25, -0.2) is 28.7 Å². The highest BCUT2D eigenvalue weighted by Crippen LogP contribution is 2.40. The third kappa shape index (κ3) is 3.69. The lowest BCUT2D eigenvalue weighted by Gasteiger charge is -2.34. The van der Waals surface area contributed by atoms with Crippen molar-refractivity contribution in [2.24, 2.45) is 5.92 Å². The number of hydrogen-bond donors (Lipinski definition) is 1. The average Bonchev–Trinajstić information content (AvgIpc) is 3.36. The second-order valence-corrected chi connectivity index (χ2v) is 8.11. The summed E-state index contributed by atoms with van der Waals surface area (Å²) in [5.74, 6) is -0.676. The molecule has 1 aromatic carbocycles.